The second-order valence-corrected chi connectivity index (χ2v) is 9.55. The Morgan fingerprint density at radius 3 is 2.10 bits per heavy atom. The molecular weight excluding hydrogens is 376 g/mol. The minimum Gasteiger partial charge on any atom is -0.360 e. The monoisotopic (exact) mass is 406 g/mol. The molecule has 5 rings (SSSR count). The van der Waals surface area contributed by atoms with Crippen molar-refractivity contribution >= 4 is 23.2 Å². The fourth-order valence-electron chi connectivity index (χ4n) is 6.29. The number of nitrogens with one attached hydrogen (secondary N) is 3. The van der Waals surface area contributed by atoms with Crippen molar-refractivity contribution in [3.8, 4) is 6.07 Å². The van der Waals surface area contributed by atoms with Crippen LogP contribution in [-0.4, -0.2) is 17.9 Å². The summed E-state index contributed by atoms with van der Waals surface area (Å²) in [6.45, 7) is 3.57. The lowest BCUT2D eigenvalue weighted by atomic mass is 9.48. The molecule has 30 heavy (non-hydrogen) atoms. The van der Waals surface area contributed by atoms with Gasteiger partial charge in [0.2, 0.25) is 5.91 Å². The molecule has 4 aliphatic rings. The molecule has 4 bridgehead atoms. The molecule has 0 spiro atoms. The summed E-state index contributed by atoms with van der Waals surface area (Å²) in [4.78, 5) is 23.9. The van der Waals surface area contributed by atoms with Gasteiger partial charge in [-0.2, -0.15) is 5.26 Å². The van der Waals surface area contributed by atoms with Crippen molar-refractivity contribution in [1.82, 2.24) is 5.32 Å². The van der Waals surface area contributed by atoms with E-state index in [0.29, 0.717) is 5.69 Å². The smallest absolute Gasteiger partial charge is 0.263 e. The first-order valence-corrected chi connectivity index (χ1v) is 10.9. The average molecular weight is 407 g/mol. The summed E-state index contributed by atoms with van der Waals surface area (Å²) < 4.78 is 0. The lowest BCUT2D eigenvalue weighted by Gasteiger charge is -2.59. The number of nitrogens with zero attached hydrogens (tertiary/aromatic N) is 1. The van der Waals surface area contributed by atoms with Crippen molar-refractivity contribution in [1.29, 1.82) is 5.26 Å². The summed E-state index contributed by atoms with van der Waals surface area (Å²) in [5.74, 6) is 2.02. The number of hydrogen-bond acceptors (Lipinski definition) is 4. The molecule has 4 saturated carbocycles. The van der Waals surface area contributed by atoms with E-state index in [9.17, 15) is 14.9 Å². The molecular formula is C24H30N4O2. The van der Waals surface area contributed by atoms with E-state index in [1.54, 1.807) is 24.3 Å². The van der Waals surface area contributed by atoms with Crippen molar-refractivity contribution in [2.75, 3.05) is 10.6 Å². The van der Waals surface area contributed by atoms with E-state index in [1.165, 1.54) is 51.6 Å². The zero-order chi connectivity index (χ0) is 21.3. The summed E-state index contributed by atoms with van der Waals surface area (Å²) >= 11 is 0. The second-order valence-electron chi connectivity index (χ2n) is 9.55. The van der Waals surface area contributed by atoms with Crippen LogP contribution < -0.4 is 16.0 Å². The van der Waals surface area contributed by atoms with Crippen LogP contribution in [0.5, 0.6) is 0 Å². The predicted octanol–water partition coefficient (Wildman–Crippen LogP) is 4.19. The largest absolute Gasteiger partial charge is 0.360 e. The normalized spacial score (nSPS) is 30.3. The van der Waals surface area contributed by atoms with Gasteiger partial charge in [0.15, 0.2) is 0 Å². The van der Waals surface area contributed by atoms with E-state index in [0.717, 1.165) is 23.4 Å². The van der Waals surface area contributed by atoms with E-state index in [4.69, 9.17) is 0 Å². The van der Waals surface area contributed by atoms with Crippen LogP contribution in [0.2, 0.25) is 0 Å². The molecule has 3 N–H and O–H groups in total. The molecule has 1 unspecified atom stereocenters. The fourth-order valence-corrected chi connectivity index (χ4v) is 6.29. The number of anilines is 2. The third-order valence-corrected chi connectivity index (χ3v) is 7.31. The van der Waals surface area contributed by atoms with Crippen LogP contribution in [-0.2, 0) is 9.59 Å². The Kier molecular flexibility index (Phi) is 5.55. The van der Waals surface area contributed by atoms with Crippen molar-refractivity contribution in [2.24, 2.45) is 23.2 Å². The van der Waals surface area contributed by atoms with Gasteiger partial charge in [-0.3, -0.25) is 9.59 Å². The zero-order valence-corrected chi connectivity index (χ0v) is 17.7. The van der Waals surface area contributed by atoms with Gasteiger partial charge in [0.25, 0.3) is 5.91 Å². The molecule has 4 fully saturated rings. The number of rotatable bonds is 6. The van der Waals surface area contributed by atoms with Crippen LogP contribution in [0, 0.1) is 34.5 Å². The highest BCUT2D eigenvalue weighted by atomic mass is 16.2. The Morgan fingerprint density at radius 1 is 1.07 bits per heavy atom. The zero-order valence-electron chi connectivity index (χ0n) is 17.7. The Labute approximate surface area is 178 Å². The quantitative estimate of drug-likeness (QED) is 0.488. The van der Waals surface area contributed by atoms with Crippen molar-refractivity contribution < 1.29 is 9.59 Å². The Bertz CT molecular complexity index is 861. The number of carbonyl (C=O) groups excluding carboxylic acids is 2. The number of amides is 2. The Hall–Kier alpha value is -2.81. The van der Waals surface area contributed by atoms with Gasteiger partial charge in [0, 0.05) is 30.5 Å². The third-order valence-electron chi connectivity index (χ3n) is 7.31. The molecule has 0 saturated heterocycles. The average Bonchev–Trinajstić information content (AvgIpc) is 2.68. The maximum atomic E-state index is 12.8. The fraction of sp³-hybridized carbons (Fsp3) is 0.542. The lowest BCUT2D eigenvalue weighted by molar-refractivity contribution is -0.122. The molecule has 2 amide bonds. The van der Waals surface area contributed by atoms with Gasteiger partial charge in [-0.05, 0) is 92.9 Å². The second kappa shape index (κ2) is 8.14. The summed E-state index contributed by atoms with van der Waals surface area (Å²) in [5.41, 5.74) is 1.70. The van der Waals surface area contributed by atoms with Gasteiger partial charge >= 0.3 is 0 Å². The maximum absolute atomic E-state index is 12.8. The highest BCUT2D eigenvalue weighted by Crippen LogP contribution is 2.61. The molecule has 0 aliphatic heterocycles. The van der Waals surface area contributed by atoms with Crippen molar-refractivity contribution in [3.05, 3.63) is 36.0 Å². The highest BCUT2D eigenvalue weighted by molar-refractivity contribution is 5.97. The molecule has 158 valence electrons. The first kappa shape index (κ1) is 20.5. The third kappa shape index (κ3) is 4.21. The van der Waals surface area contributed by atoms with Crippen molar-refractivity contribution in [3.63, 3.8) is 0 Å². The Morgan fingerprint density at radius 2 is 1.60 bits per heavy atom. The van der Waals surface area contributed by atoms with Gasteiger partial charge in [0.1, 0.15) is 11.6 Å². The van der Waals surface area contributed by atoms with Gasteiger partial charge in [-0.1, -0.05) is 0 Å². The summed E-state index contributed by atoms with van der Waals surface area (Å²) in [6.07, 6.45) is 9.20. The van der Waals surface area contributed by atoms with E-state index in [2.05, 4.69) is 22.9 Å². The molecule has 1 aromatic carbocycles. The number of carbonyl (C=O) groups is 2. The van der Waals surface area contributed by atoms with Crippen LogP contribution in [0.3, 0.4) is 0 Å². The first-order chi connectivity index (χ1) is 14.4. The standard InChI is InChI=1S/C24H30N4O2/c1-15(24-10-17-7-18(11-24)9-19(8-17)12-24)27-23(30)20(13-25)14-26-21-3-5-22(6-4-21)28-16(2)29/h3-6,14-15,17-19,26H,7-12H2,1-2H3,(H,27,30)(H,28,29)/b20-14-. The van der Waals surface area contributed by atoms with E-state index in [-0.39, 0.29) is 28.8 Å². The molecule has 6 heteroatoms. The van der Waals surface area contributed by atoms with Gasteiger partial charge in [0.05, 0.1) is 0 Å². The van der Waals surface area contributed by atoms with Crippen LogP contribution in [0.1, 0.15) is 52.4 Å². The minimum absolute atomic E-state index is 0.0671. The van der Waals surface area contributed by atoms with E-state index < -0.39 is 0 Å². The SMILES string of the molecule is CC(=O)Nc1ccc(N/C=C(/C#N)C(=O)NC(C)C23CC4CC(CC(C4)C2)C3)cc1. The lowest BCUT2D eigenvalue weighted by Crippen LogP contribution is -2.56. The topological polar surface area (TPSA) is 94.0 Å². The molecule has 0 radical (unpaired) electrons. The molecule has 6 nitrogen and oxygen atoms in total. The van der Waals surface area contributed by atoms with E-state index in [1.807, 2.05) is 6.07 Å². The summed E-state index contributed by atoms with van der Waals surface area (Å²) in [5, 5.41) is 18.3. The number of nitriles is 1. The van der Waals surface area contributed by atoms with Crippen LogP contribution in [0.15, 0.2) is 36.0 Å². The van der Waals surface area contributed by atoms with Crippen LogP contribution >= 0.6 is 0 Å². The van der Waals surface area contributed by atoms with Crippen LogP contribution in [0.4, 0.5) is 11.4 Å². The minimum atomic E-state index is -0.317. The molecule has 0 aromatic heterocycles. The van der Waals surface area contributed by atoms with Gasteiger partial charge in [-0.15, -0.1) is 0 Å². The first-order valence-electron chi connectivity index (χ1n) is 10.9. The predicted molar refractivity (Wildman–Crippen MR) is 116 cm³/mol. The van der Waals surface area contributed by atoms with Gasteiger partial charge in [-0.25, -0.2) is 0 Å². The molecule has 4 aliphatic carbocycles. The summed E-state index contributed by atoms with van der Waals surface area (Å²) in [7, 11) is 0. The molecule has 0 heterocycles. The van der Waals surface area contributed by atoms with Gasteiger partial charge < -0.3 is 16.0 Å². The van der Waals surface area contributed by atoms with Crippen LogP contribution in [0.25, 0.3) is 0 Å². The number of benzene rings is 1. The summed E-state index contributed by atoms with van der Waals surface area (Å²) in [6, 6.07) is 9.19. The number of hydrogen-bond donors (Lipinski definition) is 3. The maximum Gasteiger partial charge on any atom is 0.263 e. The highest BCUT2D eigenvalue weighted by Gasteiger charge is 2.53. The molecule has 1 aromatic rings. The molecule has 1 atom stereocenters. The van der Waals surface area contributed by atoms with E-state index >= 15 is 0 Å². The Balaban J connectivity index is 1.38. The van der Waals surface area contributed by atoms with Crippen molar-refractivity contribution in [2.45, 2.75) is 58.4 Å².